The molecule has 2 aliphatic rings. The Kier molecular flexibility index (Phi) is 7.49. The molecule has 2 saturated heterocycles. The number of hydrogen-bond acceptors (Lipinski definition) is 6. The second-order valence-corrected chi connectivity index (χ2v) is 13.0. The number of rotatable bonds is 4. The lowest BCUT2D eigenvalue weighted by Gasteiger charge is -2.54. The first-order valence-electron chi connectivity index (χ1n) is 13.3. The zero-order chi connectivity index (χ0) is 29.0. The van der Waals surface area contributed by atoms with E-state index in [0.717, 1.165) is 16.4 Å². The number of β-amino-alcohol motifs (C(OH)–C–C–N with tert-alkyl or cyclic N) is 1. The number of nitrogens with zero attached hydrogens (tertiary/aromatic N) is 3. The van der Waals surface area contributed by atoms with Crippen molar-refractivity contribution in [3.05, 3.63) is 67.1 Å². The largest absolute Gasteiger partial charge is 0.463 e. The van der Waals surface area contributed by atoms with Crippen molar-refractivity contribution in [2.45, 2.75) is 63.7 Å². The maximum absolute atomic E-state index is 14.8. The van der Waals surface area contributed by atoms with E-state index in [1.165, 1.54) is 27.9 Å². The molecule has 3 aromatic rings. The monoisotopic (exact) mass is 665 g/mol. The molecule has 2 amide bonds. The first-order valence-corrected chi connectivity index (χ1v) is 14.4. The van der Waals surface area contributed by atoms with Crippen molar-refractivity contribution in [2.24, 2.45) is 7.05 Å². The molecule has 4 heterocycles. The highest BCUT2D eigenvalue weighted by Gasteiger charge is 2.53. The highest BCUT2D eigenvalue weighted by atomic mass is 127. The summed E-state index contributed by atoms with van der Waals surface area (Å²) in [5.74, 6) is -0.865. The van der Waals surface area contributed by atoms with E-state index in [0.29, 0.717) is 24.2 Å². The van der Waals surface area contributed by atoms with Gasteiger partial charge in [-0.2, -0.15) is 0 Å². The fraction of sp³-hybridized carbons (Fsp3) is 0.483. The van der Waals surface area contributed by atoms with E-state index >= 15 is 0 Å². The van der Waals surface area contributed by atoms with Crippen LogP contribution in [0.4, 0.5) is 9.18 Å². The van der Waals surface area contributed by atoms with Gasteiger partial charge >= 0.3 is 6.09 Å². The van der Waals surface area contributed by atoms with E-state index in [2.05, 4.69) is 0 Å². The number of aliphatic hydroxyl groups is 1. The van der Waals surface area contributed by atoms with Crippen LogP contribution < -0.4 is 5.56 Å². The van der Waals surface area contributed by atoms with Gasteiger partial charge in [-0.25, -0.2) is 9.18 Å². The molecule has 0 aliphatic carbocycles. The predicted molar refractivity (Wildman–Crippen MR) is 155 cm³/mol. The van der Waals surface area contributed by atoms with Crippen LogP contribution in [0.2, 0.25) is 0 Å². The third-order valence-corrected chi connectivity index (χ3v) is 8.35. The topological polar surface area (TPSA) is 105 Å². The van der Waals surface area contributed by atoms with Gasteiger partial charge in [-0.15, -0.1) is 0 Å². The molecule has 2 fully saturated rings. The molecule has 0 spiro atoms. The number of fused-ring (bicyclic) bond motifs is 1. The minimum atomic E-state index is -1.31. The van der Waals surface area contributed by atoms with Gasteiger partial charge in [0.25, 0.3) is 11.5 Å². The Morgan fingerprint density at radius 1 is 1.23 bits per heavy atom. The fourth-order valence-corrected chi connectivity index (χ4v) is 6.16. The van der Waals surface area contributed by atoms with Gasteiger partial charge in [-0.3, -0.25) is 9.59 Å². The van der Waals surface area contributed by atoms with Crippen molar-refractivity contribution < 1.29 is 28.2 Å². The molecule has 1 aromatic carbocycles. The molecule has 0 saturated carbocycles. The van der Waals surface area contributed by atoms with Crippen LogP contribution in [0, 0.1) is 9.39 Å². The van der Waals surface area contributed by atoms with Crippen LogP contribution >= 0.6 is 22.6 Å². The second kappa shape index (κ2) is 10.5. The molecule has 9 nitrogen and oxygen atoms in total. The number of pyridine rings is 1. The van der Waals surface area contributed by atoms with Crippen LogP contribution in [0.25, 0.3) is 11.0 Å². The van der Waals surface area contributed by atoms with Gasteiger partial charge in [-0.1, -0.05) is 6.07 Å². The number of hydrogen-bond donors (Lipinski definition) is 1. The van der Waals surface area contributed by atoms with Crippen LogP contribution in [0.3, 0.4) is 0 Å². The molecule has 214 valence electrons. The zero-order valence-electron chi connectivity index (χ0n) is 23.0. The second-order valence-electron chi connectivity index (χ2n) is 11.7. The van der Waals surface area contributed by atoms with Crippen LogP contribution in [-0.4, -0.2) is 68.4 Å². The van der Waals surface area contributed by atoms with Gasteiger partial charge in [0.1, 0.15) is 22.6 Å². The average molecular weight is 666 g/mol. The smallest absolute Gasteiger partial charge is 0.410 e. The molecule has 40 heavy (non-hydrogen) atoms. The number of piperidine rings is 1. The van der Waals surface area contributed by atoms with Crippen molar-refractivity contribution >= 4 is 45.6 Å². The summed E-state index contributed by atoms with van der Waals surface area (Å²) in [5, 5.41) is 11.8. The van der Waals surface area contributed by atoms with Crippen molar-refractivity contribution in [2.75, 3.05) is 19.6 Å². The van der Waals surface area contributed by atoms with E-state index in [9.17, 15) is 23.9 Å². The maximum Gasteiger partial charge on any atom is 0.410 e. The Bertz CT molecular complexity index is 1530. The van der Waals surface area contributed by atoms with Crippen LogP contribution in [0.5, 0.6) is 0 Å². The molecule has 2 aliphatic heterocycles. The zero-order valence-corrected chi connectivity index (χ0v) is 25.2. The van der Waals surface area contributed by atoms with E-state index in [1.54, 1.807) is 44.9 Å². The third kappa shape index (κ3) is 5.25. The maximum atomic E-state index is 14.8. The molecule has 0 radical (unpaired) electrons. The van der Waals surface area contributed by atoms with Gasteiger partial charge in [0.05, 0.1) is 30.8 Å². The van der Waals surface area contributed by atoms with Gasteiger partial charge < -0.3 is 28.6 Å². The van der Waals surface area contributed by atoms with Gasteiger partial charge in [0.2, 0.25) is 0 Å². The van der Waals surface area contributed by atoms with Crippen molar-refractivity contribution in [1.82, 2.24) is 14.4 Å². The Labute approximate surface area is 245 Å². The average Bonchev–Trinajstić information content (AvgIpc) is 3.35. The summed E-state index contributed by atoms with van der Waals surface area (Å²) < 4.78 is 28.1. The molecular weight excluding hydrogens is 632 g/mol. The number of aromatic nitrogens is 1. The summed E-state index contributed by atoms with van der Waals surface area (Å²) in [5.41, 5.74) is -1.37. The highest BCUT2D eigenvalue weighted by molar-refractivity contribution is 14.1. The summed E-state index contributed by atoms with van der Waals surface area (Å²) in [7, 11) is 1.55. The first-order chi connectivity index (χ1) is 18.8. The van der Waals surface area contributed by atoms with Crippen molar-refractivity contribution in [1.29, 1.82) is 0 Å². The van der Waals surface area contributed by atoms with Crippen LogP contribution in [0.1, 0.15) is 61.6 Å². The number of ether oxygens (including phenoxy) is 1. The number of furan rings is 1. The number of carbonyl (C=O) groups excluding carboxylic acids is 2. The Hall–Kier alpha value is -2.93. The standard InChI is InChI=1S/C29H33FIN3O6/c1-28(2,3)40-27(37)34-11-6-5-7-22(34)29(38)15-33(16-29)26(36)23-21(13-17-8-9-18(31)14-20(17)30)32(4)25(35)19-10-12-39-24(19)23/h8-10,12,14,22,38H,5-7,11,13,15-16H2,1-4H3. The van der Waals surface area contributed by atoms with Crippen LogP contribution in [0.15, 0.2) is 39.7 Å². The molecule has 5 rings (SSSR count). The minimum absolute atomic E-state index is 0.000634. The van der Waals surface area contributed by atoms with E-state index in [1.807, 2.05) is 22.6 Å². The Morgan fingerprint density at radius 3 is 2.62 bits per heavy atom. The lowest BCUT2D eigenvalue weighted by molar-refractivity contribution is -0.137. The molecule has 0 bridgehead atoms. The summed E-state index contributed by atoms with van der Waals surface area (Å²) in [6.07, 6.45) is 3.12. The summed E-state index contributed by atoms with van der Waals surface area (Å²) in [6, 6.07) is 5.82. The molecular formula is C29H33FIN3O6. The Morgan fingerprint density at radius 2 is 1.95 bits per heavy atom. The number of halogens is 2. The van der Waals surface area contributed by atoms with Gasteiger partial charge in [-0.05, 0) is 86.4 Å². The molecule has 1 unspecified atom stereocenters. The predicted octanol–water partition coefficient (Wildman–Crippen LogP) is 4.44. The van der Waals surface area contributed by atoms with E-state index in [-0.39, 0.29) is 41.6 Å². The van der Waals surface area contributed by atoms with E-state index < -0.39 is 35.1 Å². The van der Waals surface area contributed by atoms with Gasteiger partial charge in [0.15, 0.2) is 5.58 Å². The molecule has 11 heteroatoms. The normalized spacial score (nSPS) is 19.0. The SMILES string of the molecule is Cn1c(Cc2ccc(I)cc2F)c(C(=O)N2CC(O)(C3CCCCN3C(=O)OC(C)(C)C)C2)c2occc2c1=O. The highest BCUT2D eigenvalue weighted by Crippen LogP contribution is 2.36. The summed E-state index contributed by atoms with van der Waals surface area (Å²) >= 11 is 2.02. The summed E-state index contributed by atoms with van der Waals surface area (Å²) in [4.78, 5) is 43.0. The molecule has 2 aromatic heterocycles. The number of benzene rings is 1. The number of amides is 2. The van der Waals surface area contributed by atoms with Crippen molar-refractivity contribution in [3.8, 4) is 0 Å². The Balaban J connectivity index is 1.45. The lowest BCUT2D eigenvalue weighted by Crippen LogP contribution is -2.73. The molecule has 1 N–H and O–H groups in total. The van der Waals surface area contributed by atoms with E-state index in [4.69, 9.17) is 9.15 Å². The fourth-order valence-electron chi connectivity index (χ4n) is 5.70. The first kappa shape index (κ1) is 28.6. The van der Waals surface area contributed by atoms with Crippen molar-refractivity contribution in [3.63, 3.8) is 0 Å². The summed E-state index contributed by atoms with van der Waals surface area (Å²) in [6.45, 7) is 5.85. The number of likely N-dealkylation sites (tertiary alicyclic amines) is 2. The number of carbonyl (C=O) groups is 2. The molecule has 1 atom stereocenters. The van der Waals surface area contributed by atoms with Gasteiger partial charge in [0, 0.05) is 29.3 Å². The minimum Gasteiger partial charge on any atom is -0.463 e. The quantitative estimate of drug-likeness (QED) is 0.414. The lowest BCUT2D eigenvalue weighted by atomic mass is 9.80. The third-order valence-electron chi connectivity index (χ3n) is 7.68. The van der Waals surface area contributed by atoms with Crippen LogP contribution in [-0.2, 0) is 18.2 Å².